The summed E-state index contributed by atoms with van der Waals surface area (Å²) in [6.07, 6.45) is 4.68. The van der Waals surface area contributed by atoms with Crippen molar-refractivity contribution in [2.45, 2.75) is 52.5 Å². The van der Waals surface area contributed by atoms with Crippen molar-refractivity contribution in [3.8, 4) is 0 Å². The highest BCUT2D eigenvalue weighted by Gasteiger charge is 2.21. The second kappa shape index (κ2) is 6.22. The molecular weight excluding hydrogens is 284 g/mol. The summed E-state index contributed by atoms with van der Waals surface area (Å²) >= 11 is 5.86. The lowest BCUT2D eigenvalue weighted by atomic mass is 9.92. The number of hydrogen-bond donors (Lipinski definition) is 0. The van der Waals surface area contributed by atoms with Gasteiger partial charge in [0.05, 0.1) is 5.69 Å². The Hall–Kier alpha value is -1.29. The summed E-state index contributed by atoms with van der Waals surface area (Å²) in [6, 6.07) is 2.53. The van der Waals surface area contributed by atoms with Gasteiger partial charge >= 0.3 is 0 Å². The van der Waals surface area contributed by atoms with Crippen LogP contribution < -0.4 is 4.90 Å². The molecule has 2 aromatic heterocycles. The number of aromatic nitrogens is 3. The zero-order valence-corrected chi connectivity index (χ0v) is 14.4. The monoisotopic (exact) mass is 308 g/mol. The zero-order valence-electron chi connectivity index (χ0n) is 13.6. The molecule has 0 aliphatic heterocycles. The van der Waals surface area contributed by atoms with Gasteiger partial charge in [0.25, 0.3) is 0 Å². The lowest BCUT2D eigenvalue weighted by Crippen LogP contribution is -2.33. The van der Waals surface area contributed by atoms with E-state index in [-0.39, 0.29) is 5.41 Å². The molecule has 0 amide bonds. The minimum Gasteiger partial charge on any atom is -0.352 e. The first-order valence-corrected chi connectivity index (χ1v) is 8.05. The number of rotatable bonds is 5. The molecule has 0 bridgehead atoms. The van der Waals surface area contributed by atoms with Gasteiger partial charge in [-0.2, -0.15) is 5.10 Å². The average molecular weight is 309 g/mol. The van der Waals surface area contributed by atoms with Crippen molar-refractivity contribution < 1.29 is 0 Å². The summed E-state index contributed by atoms with van der Waals surface area (Å²) in [7, 11) is 0. The maximum absolute atomic E-state index is 5.86. The van der Waals surface area contributed by atoms with Crippen LogP contribution in [-0.2, 0) is 5.41 Å². The molecule has 2 heterocycles. The molecule has 5 heteroatoms. The third-order valence-corrected chi connectivity index (χ3v) is 3.83. The number of alkyl halides is 1. The van der Waals surface area contributed by atoms with Crippen molar-refractivity contribution in [3.63, 3.8) is 0 Å². The van der Waals surface area contributed by atoms with Gasteiger partial charge in [-0.1, -0.05) is 20.8 Å². The zero-order chi connectivity index (χ0) is 15.6. The van der Waals surface area contributed by atoms with Gasteiger partial charge in [0.1, 0.15) is 5.52 Å². The molecule has 0 unspecified atom stereocenters. The molecule has 0 N–H and O–H groups in total. The third-order valence-electron chi connectivity index (χ3n) is 3.57. The van der Waals surface area contributed by atoms with E-state index in [2.05, 4.69) is 50.6 Å². The number of halogens is 1. The van der Waals surface area contributed by atoms with Gasteiger partial charge in [-0.05, 0) is 26.3 Å². The predicted octanol–water partition coefficient (Wildman–Crippen LogP) is 3.87. The summed E-state index contributed by atoms with van der Waals surface area (Å²) in [5.74, 6) is 1.65. The van der Waals surface area contributed by atoms with Crippen molar-refractivity contribution in [2.75, 3.05) is 17.3 Å². The molecule has 0 fully saturated rings. The quantitative estimate of drug-likeness (QED) is 0.786. The highest BCUT2D eigenvalue weighted by Crippen LogP contribution is 2.27. The molecule has 0 aromatic carbocycles. The van der Waals surface area contributed by atoms with Crippen LogP contribution in [0.25, 0.3) is 5.52 Å². The van der Waals surface area contributed by atoms with Gasteiger partial charge in [0.15, 0.2) is 5.82 Å². The number of anilines is 1. The Morgan fingerprint density at radius 2 is 2.05 bits per heavy atom. The molecule has 116 valence electrons. The van der Waals surface area contributed by atoms with Crippen molar-refractivity contribution in [1.82, 2.24) is 14.6 Å². The van der Waals surface area contributed by atoms with Gasteiger partial charge in [-0.15, -0.1) is 11.6 Å². The highest BCUT2D eigenvalue weighted by molar-refractivity contribution is 6.17. The number of fused-ring (bicyclic) bond motifs is 1. The smallest absolute Gasteiger partial charge is 0.154 e. The molecule has 21 heavy (non-hydrogen) atoms. The van der Waals surface area contributed by atoms with Crippen LogP contribution in [0.2, 0.25) is 0 Å². The topological polar surface area (TPSA) is 33.4 Å². The van der Waals surface area contributed by atoms with Crippen molar-refractivity contribution in [3.05, 3.63) is 24.2 Å². The van der Waals surface area contributed by atoms with E-state index >= 15 is 0 Å². The maximum atomic E-state index is 5.86. The van der Waals surface area contributed by atoms with Crippen molar-refractivity contribution in [2.24, 2.45) is 0 Å². The highest BCUT2D eigenvalue weighted by atomic mass is 35.5. The predicted molar refractivity (Wildman–Crippen MR) is 89.5 cm³/mol. The Morgan fingerprint density at radius 3 is 2.62 bits per heavy atom. The third kappa shape index (κ3) is 3.49. The Morgan fingerprint density at radius 1 is 1.33 bits per heavy atom. The largest absolute Gasteiger partial charge is 0.352 e. The van der Waals surface area contributed by atoms with Gasteiger partial charge in [0.2, 0.25) is 0 Å². The van der Waals surface area contributed by atoms with E-state index in [4.69, 9.17) is 16.7 Å². The van der Waals surface area contributed by atoms with Crippen LogP contribution in [0.4, 0.5) is 5.82 Å². The van der Waals surface area contributed by atoms with Crippen LogP contribution in [0, 0.1) is 0 Å². The lowest BCUT2D eigenvalue weighted by molar-refractivity contribution is 0.562. The van der Waals surface area contributed by atoms with Crippen LogP contribution in [-0.4, -0.2) is 33.1 Å². The molecule has 0 atom stereocenters. The number of hydrogen-bond acceptors (Lipinski definition) is 3. The van der Waals surface area contributed by atoms with E-state index in [0.717, 1.165) is 30.0 Å². The van der Waals surface area contributed by atoms with Gasteiger partial charge in [-0.3, -0.25) is 0 Å². The molecule has 2 rings (SSSR count). The average Bonchev–Trinajstić information content (AvgIpc) is 2.83. The maximum Gasteiger partial charge on any atom is 0.154 e. The molecule has 0 radical (unpaired) electrons. The molecule has 0 saturated carbocycles. The summed E-state index contributed by atoms with van der Waals surface area (Å²) in [4.78, 5) is 6.90. The summed E-state index contributed by atoms with van der Waals surface area (Å²) in [5, 5.41) is 4.69. The molecule has 2 aromatic rings. The Bertz CT molecular complexity index is 598. The Kier molecular flexibility index (Phi) is 4.77. The van der Waals surface area contributed by atoms with Gasteiger partial charge < -0.3 is 4.90 Å². The molecule has 4 nitrogen and oxygen atoms in total. The van der Waals surface area contributed by atoms with E-state index in [0.29, 0.717) is 11.9 Å². The molecule has 0 spiro atoms. The second-order valence-corrected chi connectivity index (χ2v) is 7.07. The fourth-order valence-corrected chi connectivity index (χ4v) is 2.45. The first kappa shape index (κ1) is 16.1. The molecule has 0 aliphatic rings. The van der Waals surface area contributed by atoms with Crippen molar-refractivity contribution >= 4 is 22.9 Å². The Balaban J connectivity index is 2.49. The SMILES string of the molecule is CC(C)N(CCCCl)c1nccn2nc(C(C)(C)C)cc12. The molecule has 0 aliphatic carbocycles. The van der Waals surface area contributed by atoms with E-state index < -0.39 is 0 Å². The first-order chi connectivity index (χ1) is 9.84. The van der Waals surface area contributed by atoms with Crippen LogP contribution in [0.5, 0.6) is 0 Å². The van der Waals surface area contributed by atoms with E-state index in [1.165, 1.54) is 0 Å². The standard InChI is InChI=1S/C16H25ClN4/c1-12(2)20(9-6-7-17)15-13-11-14(16(3,4)5)19-21(13)10-8-18-15/h8,10-12H,6-7,9H2,1-5H3. The van der Waals surface area contributed by atoms with E-state index in [9.17, 15) is 0 Å². The summed E-state index contributed by atoms with van der Waals surface area (Å²) in [5.41, 5.74) is 2.17. The van der Waals surface area contributed by atoms with Crippen LogP contribution in [0.3, 0.4) is 0 Å². The Labute approximate surface area is 132 Å². The van der Waals surface area contributed by atoms with E-state index in [1.54, 1.807) is 0 Å². The second-order valence-electron chi connectivity index (χ2n) is 6.69. The van der Waals surface area contributed by atoms with Gasteiger partial charge in [-0.25, -0.2) is 9.50 Å². The van der Waals surface area contributed by atoms with Crippen LogP contribution in [0.1, 0.15) is 46.7 Å². The summed E-state index contributed by atoms with van der Waals surface area (Å²) in [6.45, 7) is 11.8. The first-order valence-electron chi connectivity index (χ1n) is 7.52. The minimum atomic E-state index is 0.0299. The van der Waals surface area contributed by atoms with Crippen molar-refractivity contribution in [1.29, 1.82) is 0 Å². The fourth-order valence-electron chi connectivity index (χ4n) is 2.33. The normalized spacial score (nSPS) is 12.3. The lowest BCUT2D eigenvalue weighted by Gasteiger charge is -2.28. The van der Waals surface area contributed by atoms with Gasteiger partial charge in [0, 0.05) is 36.3 Å². The van der Waals surface area contributed by atoms with Crippen LogP contribution in [0.15, 0.2) is 18.5 Å². The summed E-state index contributed by atoms with van der Waals surface area (Å²) < 4.78 is 1.93. The number of nitrogens with zero attached hydrogens (tertiary/aromatic N) is 4. The fraction of sp³-hybridized carbons (Fsp3) is 0.625. The van der Waals surface area contributed by atoms with E-state index in [1.807, 2.05) is 16.9 Å². The minimum absolute atomic E-state index is 0.0299. The molecule has 0 saturated heterocycles. The molecular formula is C16H25ClN4. The van der Waals surface area contributed by atoms with Crippen LogP contribution >= 0.6 is 11.6 Å².